The van der Waals surface area contributed by atoms with E-state index in [1.807, 2.05) is 0 Å². The van der Waals surface area contributed by atoms with Crippen molar-refractivity contribution in [2.24, 2.45) is 5.92 Å². The van der Waals surface area contributed by atoms with Crippen molar-refractivity contribution < 1.29 is 22.0 Å². The lowest BCUT2D eigenvalue weighted by atomic mass is 9.77. The van der Waals surface area contributed by atoms with Crippen LogP contribution in [-0.4, -0.2) is 0 Å². The van der Waals surface area contributed by atoms with Crippen molar-refractivity contribution in [3.8, 4) is 0 Å². The molecular formula is C24H27F5. The quantitative estimate of drug-likeness (QED) is 0.248. The minimum Gasteiger partial charge on any atom is -0.207 e. The Bertz CT molecular complexity index is 791. The summed E-state index contributed by atoms with van der Waals surface area (Å²) in [7, 11) is 0. The normalized spacial score (nSPS) is 19.5. The Hall–Kier alpha value is -1.91. The van der Waals surface area contributed by atoms with Crippen LogP contribution in [0.4, 0.5) is 22.0 Å². The Balaban J connectivity index is 1.69. The molecular weight excluding hydrogens is 383 g/mol. The third-order valence-electron chi connectivity index (χ3n) is 6.12. The fourth-order valence-electron chi connectivity index (χ4n) is 4.41. The van der Waals surface area contributed by atoms with Gasteiger partial charge < -0.3 is 0 Å². The molecule has 0 aromatic heterocycles. The molecule has 0 saturated heterocycles. The van der Waals surface area contributed by atoms with E-state index in [0.29, 0.717) is 11.5 Å². The molecule has 0 spiro atoms. The molecule has 0 amide bonds. The number of rotatable bonds is 7. The summed E-state index contributed by atoms with van der Waals surface area (Å²) in [5.41, 5.74) is 0.374. The minimum atomic E-state index is -1.59. The van der Waals surface area contributed by atoms with Gasteiger partial charge in [0.05, 0.1) is 0 Å². The topological polar surface area (TPSA) is 0 Å². The molecule has 3 rings (SSSR count). The summed E-state index contributed by atoms with van der Waals surface area (Å²) in [5, 5.41) is 0. The Morgan fingerprint density at radius 3 is 1.90 bits per heavy atom. The Kier molecular flexibility index (Phi) is 7.31. The lowest BCUT2D eigenvalue weighted by molar-refractivity contribution is 0.302. The van der Waals surface area contributed by atoms with Crippen LogP contribution in [0.5, 0.6) is 0 Å². The molecule has 158 valence electrons. The number of hydrogen-bond donors (Lipinski definition) is 0. The number of hydrogen-bond acceptors (Lipinski definition) is 0. The van der Waals surface area contributed by atoms with Crippen molar-refractivity contribution in [1.29, 1.82) is 0 Å². The summed E-state index contributed by atoms with van der Waals surface area (Å²) < 4.78 is 69.1. The van der Waals surface area contributed by atoms with Gasteiger partial charge in [-0.25, -0.2) is 22.0 Å². The van der Waals surface area contributed by atoms with Crippen molar-refractivity contribution in [3.63, 3.8) is 0 Å². The van der Waals surface area contributed by atoms with E-state index in [2.05, 4.69) is 6.92 Å². The summed E-state index contributed by atoms with van der Waals surface area (Å²) in [6, 6.07) is 4.23. The van der Waals surface area contributed by atoms with Crippen molar-refractivity contribution in [1.82, 2.24) is 0 Å². The molecule has 1 aliphatic rings. The van der Waals surface area contributed by atoms with E-state index in [1.54, 1.807) is 0 Å². The maximum atomic E-state index is 14.6. The van der Waals surface area contributed by atoms with Gasteiger partial charge in [0, 0.05) is 12.0 Å². The lowest BCUT2D eigenvalue weighted by Crippen LogP contribution is -2.14. The van der Waals surface area contributed by atoms with E-state index < -0.39 is 29.1 Å². The predicted octanol–water partition coefficient (Wildman–Crippen LogP) is 7.83. The third-order valence-corrected chi connectivity index (χ3v) is 6.12. The zero-order valence-electron chi connectivity index (χ0n) is 16.7. The van der Waals surface area contributed by atoms with Gasteiger partial charge in [-0.15, -0.1) is 0 Å². The highest BCUT2D eigenvalue weighted by atomic mass is 19.2. The lowest BCUT2D eigenvalue weighted by Gasteiger charge is -2.29. The van der Waals surface area contributed by atoms with E-state index in [0.717, 1.165) is 37.8 Å². The summed E-state index contributed by atoms with van der Waals surface area (Å²) in [6.45, 7) is 2.19. The molecule has 0 bridgehead atoms. The number of benzene rings is 2. The van der Waals surface area contributed by atoms with Crippen LogP contribution in [0.3, 0.4) is 0 Å². The summed E-state index contributed by atoms with van der Waals surface area (Å²) >= 11 is 0. The standard InChI is InChI=1S/C24H27F5/c1-2-3-4-5-15-6-8-17(9-7-15)18-13-20(25)19(21(26)14-18)10-16-11-22(27)24(29)23(28)12-16/h11-15,17H,2-10H2,1H3. The van der Waals surface area contributed by atoms with Crippen molar-refractivity contribution in [2.75, 3.05) is 0 Å². The second kappa shape index (κ2) is 9.73. The van der Waals surface area contributed by atoms with Crippen molar-refractivity contribution in [2.45, 2.75) is 70.6 Å². The van der Waals surface area contributed by atoms with Gasteiger partial charge in [-0.05, 0) is 72.9 Å². The average Bonchev–Trinajstić information content (AvgIpc) is 2.69. The first-order chi connectivity index (χ1) is 13.9. The molecule has 1 saturated carbocycles. The first kappa shape index (κ1) is 21.8. The predicted molar refractivity (Wildman–Crippen MR) is 104 cm³/mol. The van der Waals surface area contributed by atoms with Gasteiger partial charge in [0.2, 0.25) is 0 Å². The highest BCUT2D eigenvalue weighted by Crippen LogP contribution is 2.38. The second-order valence-electron chi connectivity index (χ2n) is 8.23. The molecule has 0 nitrogen and oxygen atoms in total. The van der Waals surface area contributed by atoms with Crippen LogP contribution in [0, 0.1) is 35.0 Å². The van der Waals surface area contributed by atoms with Gasteiger partial charge in [0.15, 0.2) is 17.5 Å². The van der Waals surface area contributed by atoms with Crippen molar-refractivity contribution in [3.05, 3.63) is 70.0 Å². The van der Waals surface area contributed by atoms with E-state index in [4.69, 9.17) is 0 Å². The highest BCUT2D eigenvalue weighted by molar-refractivity contribution is 5.33. The molecule has 0 heterocycles. The maximum Gasteiger partial charge on any atom is 0.194 e. The molecule has 1 fully saturated rings. The zero-order valence-corrected chi connectivity index (χ0v) is 16.7. The largest absolute Gasteiger partial charge is 0.207 e. The van der Waals surface area contributed by atoms with Crippen LogP contribution < -0.4 is 0 Å². The molecule has 2 aromatic carbocycles. The molecule has 1 aliphatic carbocycles. The monoisotopic (exact) mass is 410 g/mol. The third kappa shape index (κ3) is 5.37. The van der Waals surface area contributed by atoms with E-state index >= 15 is 0 Å². The van der Waals surface area contributed by atoms with Crippen LogP contribution in [0.25, 0.3) is 0 Å². The Labute approximate surface area is 169 Å². The fourth-order valence-corrected chi connectivity index (χ4v) is 4.41. The van der Waals surface area contributed by atoms with Crippen LogP contribution in [0.15, 0.2) is 24.3 Å². The molecule has 0 unspecified atom stereocenters. The summed E-state index contributed by atoms with van der Waals surface area (Å²) in [4.78, 5) is 0. The van der Waals surface area contributed by atoms with Gasteiger partial charge >= 0.3 is 0 Å². The minimum absolute atomic E-state index is 0.0143. The van der Waals surface area contributed by atoms with E-state index in [-0.39, 0.29) is 23.5 Å². The summed E-state index contributed by atoms with van der Waals surface area (Å²) in [6.07, 6.45) is 8.59. The highest BCUT2D eigenvalue weighted by Gasteiger charge is 2.24. The molecule has 5 heteroatoms. The Morgan fingerprint density at radius 1 is 0.759 bits per heavy atom. The Morgan fingerprint density at radius 2 is 1.34 bits per heavy atom. The molecule has 0 aliphatic heterocycles. The number of halogens is 5. The van der Waals surface area contributed by atoms with Gasteiger partial charge in [0.25, 0.3) is 0 Å². The van der Waals surface area contributed by atoms with Crippen LogP contribution in [-0.2, 0) is 6.42 Å². The molecule has 0 radical (unpaired) electrons. The average molecular weight is 410 g/mol. The second-order valence-corrected chi connectivity index (χ2v) is 8.23. The molecule has 29 heavy (non-hydrogen) atoms. The van der Waals surface area contributed by atoms with Crippen LogP contribution in [0.1, 0.15) is 80.9 Å². The van der Waals surface area contributed by atoms with E-state index in [1.165, 1.54) is 37.8 Å². The van der Waals surface area contributed by atoms with Gasteiger partial charge in [0.1, 0.15) is 11.6 Å². The molecule has 2 aromatic rings. The molecule has 0 N–H and O–H groups in total. The van der Waals surface area contributed by atoms with Gasteiger partial charge in [-0.3, -0.25) is 0 Å². The molecule has 0 atom stereocenters. The summed E-state index contributed by atoms with van der Waals surface area (Å²) in [5.74, 6) is -4.94. The smallest absolute Gasteiger partial charge is 0.194 e. The van der Waals surface area contributed by atoms with Gasteiger partial charge in [-0.2, -0.15) is 0 Å². The fraction of sp³-hybridized carbons (Fsp3) is 0.500. The first-order valence-corrected chi connectivity index (χ1v) is 10.5. The van der Waals surface area contributed by atoms with Crippen LogP contribution >= 0.6 is 0 Å². The first-order valence-electron chi connectivity index (χ1n) is 10.5. The van der Waals surface area contributed by atoms with Crippen LogP contribution in [0.2, 0.25) is 0 Å². The SMILES string of the molecule is CCCCCC1CCC(c2cc(F)c(Cc3cc(F)c(F)c(F)c3)c(F)c2)CC1. The van der Waals surface area contributed by atoms with E-state index in [9.17, 15) is 22.0 Å². The van der Waals surface area contributed by atoms with Gasteiger partial charge in [-0.1, -0.05) is 32.6 Å². The zero-order chi connectivity index (χ0) is 21.0. The van der Waals surface area contributed by atoms with Crippen molar-refractivity contribution >= 4 is 0 Å². The number of unbranched alkanes of at least 4 members (excludes halogenated alkanes) is 2. The maximum absolute atomic E-state index is 14.6.